The van der Waals surface area contributed by atoms with E-state index in [1.807, 2.05) is 50.2 Å². The van der Waals surface area contributed by atoms with E-state index in [1.165, 1.54) is 22.5 Å². The summed E-state index contributed by atoms with van der Waals surface area (Å²) in [5, 5.41) is 16.1. The van der Waals surface area contributed by atoms with E-state index >= 15 is 0 Å². The lowest BCUT2D eigenvalue weighted by molar-refractivity contribution is 0.0944. The minimum Gasteiger partial charge on any atom is -0.384 e. The van der Waals surface area contributed by atoms with Gasteiger partial charge in [0.25, 0.3) is 5.91 Å². The van der Waals surface area contributed by atoms with E-state index in [0.717, 1.165) is 68.6 Å². The first-order chi connectivity index (χ1) is 19.4. The molecule has 5 rings (SSSR count). The summed E-state index contributed by atoms with van der Waals surface area (Å²) in [4.78, 5) is 17.9. The lowest BCUT2D eigenvalue weighted by atomic mass is 9.98. The molecule has 6 heteroatoms. The standard InChI is InChI=1S/C34H41N5O/c1-24-6-4-7-25(2)33(24)34(40)37-16-12-26(3)38-18-14-30(15-19-38)39(23-28-9-5-8-27(20-28)22-35)31-10-11-32-29(21-31)13-17-36-32/h4-11,20-21,26,30,36H,12-19,23H2,1-3H3,(H,37,40). The first-order valence-corrected chi connectivity index (χ1v) is 14.6. The number of hydrogen-bond donors (Lipinski definition) is 2. The summed E-state index contributed by atoms with van der Waals surface area (Å²) in [7, 11) is 0. The zero-order valence-corrected chi connectivity index (χ0v) is 24.0. The molecular weight excluding hydrogens is 494 g/mol. The van der Waals surface area contributed by atoms with Gasteiger partial charge in [0.1, 0.15) is 0 Å². The number of amides is 1. The summed E-state index contributed by atoms with van der Waals surface area (Å²) >= 11 is 0. The zero-order chi connectivity index (χ0) is 28.1. The molecule has 1 unspecified atom stereocenters. The van der Waals surface area contributed by atoms with Crippen molar-refractivity contribution in [3.63, 3.8) is 0 Å². The molecule has 0 radical (unpaired) electrons. The number of anilines is 2. The SMILES string of the molecule is Cc1cccc(C)c1C(=O)NCCC(C)N1CCC(N(Cc2cccc(C#N)c2)c2ccc3c(c2)CCN3)CC1. The molecule has 208 valence electrons. The highest BCUT2D eigenvalue weighted by Crippen LogP contribution is 2.32. The highest BCUT2D eigenvalue weighted by Gasteiger charge is 2.28. The van der Waals surface area contributed by atoms with Crippen molar-refractivity contribution in [1.29, 1.82) is 5.26 Å². The van der Waals surface area contributed by atoms with Gasteiger partial charge in [-0.25, -0.2) is 0 Å². The molecule has 2 aliphatic heterocycles. The number of piperidine rings is 1. The van der Waals surface area contributed by atoms with Crippen molar-refractivity contribution in [2.45, 2.75) is 65.1 Å². The molecule has 6 nitrogen and oxygen atoms in total. The number of likely N-dealkylation sites (tertiary alicyclic amines) is 1. The molecule has 40 heavy (non-hydrogen) atoms. The molecule has 3 aromatic carbocycles. The van der Waals surface area contributed by atoms with Crippen molar-refractivity contribution in [1.82, 2.24) is 10.2 Å². The number of aryl methyl sites for hydroxylation is 2. The fourth-order valence-electron chi connectivity index (χ4n) is 6.31. The van der Waals surface area contributed by atoms with Crippen molar-refractivity contribution < 1.29 is 4.79 Å². The van der Waals surface area contributed by atoms with Crippen LogP contribution in [0.25, 0.3) is 0 Å². The molecule has 1 atom stereocenters. The van der Waals surface area contributed by atoms with Crippen LogP contribution in [-0.4, -0.2) is 49.1 Å². The van der Waals surface area contributed by atoms with Crippen LogP contribution in [0.3, 0.4) is 0 Å². The van der Waals surface area contributed by atoms with Gasteiger partial charge < -0.3 is 20.4 Å². The Balaban J connectivity index is 1.20. The third-order valence-corrected chi connectivity index (χ3v) is 8.66. The molecular formula is C34H41N5O. The summed E-state index contributed by atoms with van der Waals surface area (Å²) in [5.74, 6) is 0.0298. The number of benzene rings is 3. The molecule has 1 amide bonds. The highest BCUT2D eigenvalue weighted by molar-refractivity contribution is 5.97. The number of carbonyl (C=O) groups excluding carboxylic acids is 1. The Morgan fingerprint density at radius 1 is 1.10 bits per heavy atom. The van der Waals surface area contributed by atoms with Gasteiger partial charge in [-0.3, -0.25) is 4.79 Å². The average Bonchev–Trinajstić information content (AvgIpc) is 3.44. The Morgan fingerprint density at radius 2 is 1.85 bits per heavy atom. The van der Waals surface area contributed by atoms with E-state index in [4.69, 9.17) is 0 Å². The summed E-state index contributed by atoms with van der Waals surface area (Å²) in [5.41, 5.74) is 8.65. The van der Waals surface area contributed by atoms with Crippen LogP contribution >= 0.6 is 0 Å². The molecule has 2 heterocycles. The average molecular weight is 536 g/mol. The second kappa shape index (κ2) is 12.6. The summed E-state index contributed by atoms with van der Waals surface area (Å²) in [6.07, 6.45) is 4.18. The first kappa shape index (κ1) is 27.7. The smallest absolute Gasteiger partial charge is 0.251 e. The van der Waals surface area contributed by atoms with E-state index < -0.39 is 0 Å². The Kier molecular flexibility index (Phi) is 8.72. The predicted octanol–water partition coefficient (Wildman–Crippen LogP) is 5.82. The van der Waals surface area contributed by atoms with Gasteiger partial charge in [0.2, 0.25) is 0 Å². The minimum atomic E-state index is 0.0298. The summed E-state index contributed by atoms with van der Waals surface area (Å²) in [6.45, 7) is 10.8. The van der Waals surface area contributed by atoms with Crippen LogP contribution in [0.15, 0.2) is 60.7 Å². The largest absolute Gasteiger partial charge is 0.384 e. The van der Waals surface area contributed by atoms with Crippen LogP contribution in [-0.2, 0) is 13.0 Å². The van der Waals surface area contributed by atoms with Gasteiger partial charge in [0, 0.05) is 61.7 Å². The maximum absolute atomic E-state index is 12.8. The molecule has 0 spiro atoms. The Labute approximate surface area is 239 Å². The van der Waals surface area contributed by atoms with Gasteiger partial charge in [-0.1, -0.05) is 30.3 Å². The summed E-state index contributed by atoms with van der Waals surface area (Å²) < 4.78 is 0. The number of nitriles is 1. The molecule has 2 N–H and O–H groups in total. The van der Waals surface area contributed by atoms with Gasteiger partial charge in [0.15, 0.2) is 0 Å². The third kappa shape index (κ3) is 6.32. The minimum absolute atomic E-state index is 0.0298. The molecule has 0 aromatic heterocycles. The quantitative estimate of drug-likeness (QED) is 0.361. The Morgan fingerprint density at radius 3 is 2.60 bits per heavy atom. The molecule has 1 saturated heterocycles. The number of fused-ring (bicyclic) bond motifs is 1. The van der Waals surface area contributed by atoms with Crippen LogP contribution in [0.4, 0.5) is 11.4 Å². The van der Waals surface area contributed by atoms with Crippen LogP contribution in [0, 0.1) is 25.2 Å². The number of carbonyl (C=O) groups is 1. The number of nitrogens with one attached hydrogen (secondary N) is 2. The lowest BCUT2D eigenvalue weighted by Crippen LogP contribution is -2.48. The molecule has 0 bridgehead atoms. The van der Waals surface area contributed by atoms with Gasteiger partial charge in [-0.2, -0.15) is 5.26 Å². The van der Waals surface area contributed by atoms with Crippen LogP contribution < -0.4 is 15.5 Å². The monoisotopic (exact) mass is 535 g/mol. The van der Waals surface area contributed by atoms with Crippen molar-refractivity contribution in [2.24, 2.45) is 0 Å². The Hall–Kier alpha value is -3.82. The van der Waals surface area contributed by atoms with E-state index in [-0.39, 0.29) is 5.91 Å². The second-order valence-electron chi connectivity index (χ2n) is 11.4. The maximum atomic E-state index is 12.8. The Bertz CT molecular complexity index is 1370. The van der Waals surface area contributed by atoms with Crippen molar-refractivity contribution in [2.75, 3.05) is 36.4 Å². The van der Waals surface area contributed by atoms with Gasteiger partial charge in [-0.15, -0.1) is 0 Å². The lowest BCUT2D eigenvalue weighted by Gasteiger charge is -2.42. The number of rotatable bonds is 9. The van der Waals surface area contributed by atoms with E-state index in [1.54, 1.807) is 0 Å². The maximum Gasteiger partial charge on any atom is 0.251 e. The number of nitrogens with zero attached hydrogens (tertiary/aromatic N) is 3. The first-order valence-electron chi connectivity index (χ1n) is 14.6. The molecule has 0 saturated carbocycles. The van der Waals surface area contributed by atoms with Crippen molar-refractivity contribution in [3.8, 4) is 6.07 Å². The van der Waals surface area contributed by atoms with Gasteiger partial charge in [0.05, 0.1) is 11.6 Å². The van der Waals surface area contributed by atoms with E-state index in [9.17, 15) is 10.1 Å². The topological polar surface area (TPSA) is 71.4 Å². The molecule has 1 fully saturated rings. The van der Waals surface area contributed by atoms with E-state index in [2.05, 4.69) is 57.7 Å². The van der Waals surface area contributed by atoms with Crippen LogP contribution in [0.5, 0.6) is 0 Å². The fraction of sp³-hybridized carbons (Fsp3) is 0.412. The second-order valence-corrected chi connectivity index (χ2v) is 11.4. The van der Waals surface area contributed by atoms with Crippen LogP contribution in [0.2, 0.25) is 0 Å². The summed E-state index contributed by atoms with van der Waals surface area (Å²) in [6, 6.07) is 24.0. The van der Waals surface area contributed by atoms with E-state index in [0.29, 0.717) is 24.2 Å². The normalized spacial score (nSPS) is 16.1. The predicted molar refractivity (Wildman–Crippen MR) is 163 cm³/mol. The zero-order valence-electron chi connectivity index (χ0n) is 24.0. The number of hydrogen-bond acceptors (Lipinski definition) is 5. The van der Waals surface area contributed by atoms with Gasteiger partial charge >= 0.3 is 0 Å². The van der Waals surface area contributed by atoms with Crippen molar-refractivity contribution in [3.05, 3.63) is 94.0 Å². The molecule has 3 aromatic rings. The van der Waals surface area contributed by atoms with Gasteiger partial charge in [-0.05, 0) is 99.0 Å². The van der Waals surface area contributed by atoms with Crippen molar-refractivity contribution >= 4 is 17.3 Å². The molecule has 0 aliphatic carbocycles. The molecule has 2 aliphatic rings. The highest BCUT2D eigenvalue weighted by atomic mass is 16.1. The third-order valence-electron chi connectivity index (χ3n) is 8.66. The fourth-order valence-corrected chi connectivity index (χ4v) is 6.31. The van der Waals surface area contributed by atoms with Crippen LogP contribution in [0.1, 0.15) is 64.4 Å².